The van der Waals surface area contributed by atoms with Crippen LogP contribution >= 0.6 is 0 Å². The molecule has 17 heavy (non-hydrogen) atoms. The molecule has 1 fully saturated rings. The lowest BCUT2D eigenvalue weighted by atomic mass is 9.99. The van der Waals surface area contributed by atoms with Gasteiger partial charge in [-0.1, -0.05) is 30.3 Å². The molecule has 1 aliphatic heterocycles. The summed E-state index contributed by atoms with van der Waals surface area (Å²) in [5.74, 6) is 0.225. The Morgan fingerprint density at radius 2 is 2.06 bits per heavy atom. The number of rotatable bonds is 2. The number of carbonyl (C=O) groups excluding carboxylic acids is 1. The third-order valence-electron chi connectivity index (χ3n) is 3.30. The van der Waals surface area contributed by atoms with Crippen molar-refractivity contribution >= 4 is 5.91 Å². The second-order valence-corrected chi connectivity index (χ2v) is 5.20. The summed E-state index contributed by atoms with van der Waals surface area (Å²) in [6, 6.07) is 9.94. The van der Waals surface area contributed by atoms with E-state index in [1.807, 2.05) is 35.2 Å². The van der Waals surface area contributed by atoms with Gasteiger partial charge in [-0.3, -0.25) is 4.79 Å². The Balaban J connectivity index is 2.04. The van der Waals surface area contributed by atoms with Crippen molar-refractivity contribution in [3.63, 3.8) is 0 Å². The lowest BCUT2D eigenvalue weighted by molar-refractivity contribution is -0.136. The monoisotopic (exact) mass is 232 g/mol. The SMILES string of the molecule is CC1(C)CNCCN1C(=O)Cc1ccccc1. The first kappa shape index (κ1) is 12.1. The predicted octanol–water partition coefficient (Wildman–Crippen LogP) is 1.44. The molecule has 3 nitrogen and oxygen atoms in total. The Hall–Kier alpha value is -1.35. The minimum atomic E-state index is -0.0793. The minimum absolute atomic E-state index is 0.0793. The maximum absolute atomic E-state index is 12.3. The number of carbonyl (C=O) groups is 1. The van der Waals surface area contributed by atoms with E-state index in [0.717, 1.165) is 25.2 Å². The topological polar surface area (TPSA) is 32.3 Å². The summed E-state index contributed by atoms with van der Waals surface area (Å²) in [4.78, 5) is 14.3. The second kappa shape index (κ2) is 4.88. The Morgan fingerprint density at radius 1 is 1.35 bits per heavy atom. The molecule has 0 bridgehead atoms. The molecular formula is C14H20N2O. The summed E-state index contributed by atoms with van der Waals surface area (Å²) in [5.41, 5.74) is 1.01. The highest BCUT2D eigenvalue weighted by molar-refractivity contribution is 5.79. The largest absolute Gasteiger partial charge is 0.335 e. The van der Waals surface area contributed by atoms with Crippen molar-refractivity contribution in [3.8, 4) is 0 Å². The molecule has 0 radical (unpaired) electrons. The van der Waals surface area contributed by atoms with Gasteiger partial charge in [0.05, 0.1) is 6.42 Å². The fourth-order valence-electron chi connectivity index (χ4n) is 2.31. The van der Waals surface area contributed by atoms with E-state index >= 15 is 0 Å². The molecule has 1 N–H and O–H groups in total. The molecule has 1 amide bonds. The number of amides is 1. The molecule has 2 rings (SSSR count). The Morgan fingerprint density at radius 3 is 2.71 bits per heavy atom. The molecule has 0 saturated carbocycles. The van der Waals surface area contributed by atoms with Gasteiger partial charge in [0.1, 0.15) is 0 Å². The standard InChI is InChI=1S/C14H20N2O/c1-14(2)11-15-8-9-16(14)13(17)10-12-6-4-3-5-7-12/h3-7,15H,8-11H2,1-2H3. The van der Waals surface area contributed by atoms with Crippen LogP contribution < -0.4 is 5.32 Å². The van der Waals surface area contributed by atoms with Gasteiger partial charge in [-0.25, -0.2) is 0 Å². The molecule has 92 valence electrons. The lowest BCUT2D eigenvalue weighted by Crippen LogP contribution is -2.60. The molecule has 1 aliphatic rings. The fourth-order valence-corrected chi connectivity index (χ4v) is 2.31. The van der Waals surface area contributed by atoms with Crippen LogP contribution in [-0.2, 0) is 11.2 Å². The first-order valence-corrected chi connectivity index (χ1v) is 6.15. The van der Waals surface area contributed by atoms with Crippen LogP contribution in [0.5, 0.6) is 0 Å². The van der Waals surface area contributed by atoms with Crippen molar-refractivity contribution in [1.82, 2.24) is 10.2 Å². The smallest absolute Gasteiger partial charge is 0.227 e. The van der Waals surface area contributed by atoms with Crippen molar-refractivity contribution in [2.24, 2.45) is 0 Å². The molecule has 0 unspecified atom stereocenters. The van der Waals surface area contributed by atoms with E-state index in [1.54, 1.807) is 0 Å². The fraction of sp³-hybridized carbons (Fsp3) is 0.500. The third-order valence-corrected chi connectivity index (χ3v) is 3.30. The van der Waals surface area contributed by atoms with Gasteiger partial charge in [0.25, 0.3) is 0 Å². The zero-order valence-corrected chi connectivity index (χ0v) is 10.6. The first-order chi connectivity index (χ1) is 8.09. The van der Waals surface area contributed by atoms with Gasteiger partial charge in [0.2, 0.25) is 5.91 Å². The summed E-state index contributed by atoms with van der Waals surface area (Å²) in [6.07, 6.45) is 0.504. The predicted molar refractivity (Wildman–Crippen MR) is 68.8 cm³/mol. The minimum Gasteiger partial charge on any atom is -0.335 e. The van der Waals surface area contributed by atoms with Crippen molar-refractivity contribution in [1.29, 1.82) is 0 Å². The van der Waals surface area contributed by atoms with E-state index < -0.39 is 0 Å². The van der Waals surface area contributed by atoms with Gasteiger partial charge in [-0.15, -0.1) is 0 Å². The Bertz CT molecular complexity index is 386. The van der Waals surface area contributed by atoms with Crippen LogP contribution in [0, 0.1) is 0 Å². The van der Waals surface area contributed by atoms with Gasteiger partial charge in [-0.2, -0.15) is 0 Å². The normalized spacial score (nSPS) is 19.1. The molecule has 0 spiro atoms. The number of benzene rings is 1. The molecule has 0 aliphatic carbocycles. The Kier molecular flexibility index (Phi) is 3.48. The summed E-state index contributed by atoms with van der Waals surface area (Å²) >= 11 is 0. The lowest BCUT2D eigenvalue weighted by Gasteiger charge is -2.43. The van der Waals surface area contributed by atoms with Gasteiger partial charge in [-0.05, 0) is 19.4 Å². The van der Waals surface area contributed by atoms with Gasteiger partial charge < -0.3 is 10.2 Å². The van der Waals surface area contributed by atoms with Crippen LogP contribution in [-0.4, -0.2) is 36.0 Å². The van der Waals surface area contributed by atoms with Crippen LogP contribution in [0.1, 0.15) is 19.4 Å². The van der Waals surface area contributed by atoms with Crippen LogP contribution in [0.3, 0.4) is 0 Å². The molecule has 0 atom stereocenters. The number of hydrogen-bond donors (Lipinski definition) is 1. The summed E-state index contributed by atoms with van der Waals surface area (Å²) < 4.78 is 0. The molecule has 1 heterocycles. The number of nitrogens with one attached hydrogen (secondary N) is 1. The van der Waals surface area contributed by atoms with Crippen molar-refractivity contribution in [3.05, 3.63) is 35.9 Å². The summed E-state index contributed by atoms with van der Waals surface area (Å²) in [7, 11) is 0. The van der Waals surface area contributed by atoms with E-state index in [1.165, 1.54) is 0 Å². The van der Waals surface area contributed by atoms with Crippen LogP contribution in [0.2, 0.25) is 0 Å². The molecule has 1 aromatic carbocycles. The van der Waals surface area contributed by atoms with Crippen molar-refractivity contribution < 1.29 is 4.79 Å². The van der Waals surface area contributed by atoms with Gasteiger partial charge in [0.15, 0.2) is 0 Å². The van der Waals surface area contributed by atoms with E-state index in [0.29, 0.717) is 6.42 Å². The van der Waals surface area contributed by atoms with E-state index in [4.69, 9.17) is 0 Å². The van der Waals surface area contributed by atoms with Crippen LogP contribution in [0.25, 0.3) is 0 Å². The summed E-state index contributed by atoms with van der Waals surface area (Å²) in [5, 5.41) is 3.33. The second-order valence-electron chi connectivity index (χ2n) is 5.20. The number of piperazine rings is 1. The maximum atomic E-state index is 12.3. The van der Waals surface area contributed by atoms with Gasteiger partial charge in [0, 0.05) is 25.2 Å². The quantitative estimate of drug-likeness (QED) is 0.837. The highest BCUT2D eigenvalue weighted by Gasteiger charge is 2.32. The third kappa shape index (κ3) is 2.86. The highest BCUT2D eigenvalue weighted by Crippen LogP contribution is 2.17. The van der Waals surface area contributed by atoms with Crippen LogP contribution in [0.4, 0.5) is 0 Å². The maximum Gasteiger partial charge on any atom is 0.227 e. The number of nitrogens with zero attached hydrogens (tertiary/aromatic N) is 1. The van der Waals surface area contributed by atoms with Crippen molar-refractivity contribution in [2.45, 2.75) is 25.8 Å². The number of hydrogen-bond acceptors (Lipinski definition) is 2. The van der Waals surface area contributed by atoms with Crippen molar-refractivity contribution in [2.75, 3.05) is 19.6 Å². The molecule has 0 aromatic heterocycles. The first-order valence-electron chi connectivity index (χ1n) is 6.15. The molecular weight excluding hydrogens is 212 g/mol. The zero-order valence-electron chi connectivity index (χ0n) is 10.6. The van der Waals surface area contributed by atoms with E-state index in [-0.39, 0.29) is 11.4 Å². The van der Waals surface area contributed by atoms with Crippen LogP contribution in [0.15, 0.2) is 30.3 Å². The molecule has 1 aromatic rings. The Labute approximate surface area is 103 Å². The average molecular weight is 232 g/mol. The highest BCUT2D eigenvalue weighted by atomic mass is 16.2. The summed E-state index contributed by atoms with van der Waals surface area (Å²) in [6.45, 7) is 6.79. The zero-order chi connectivity index (χ0) is 12.3. The molecule has 1 saturated heterocycles. The van der Waals surface area contributed by atoms with E-state index in [9.17, 15) is 4.79 Å². The van der Waals surface area contributed by atoms with Gasteiger partial charge >= 0.3 is 0 Å². The van der Waals surface area contributed by atoms with E-state index in [2.05, 4.69) is 19.2 Å². The molecule has 3 heteroatoms. The average Bonchev–Trinajstić information content (AvgIpc) is 2.29.